The summed E-state index contributed by atoms with van der Waals surface area (Å²) in [7, 11) is 0. The highest BCUT2D eigenvalue weighted by Gasteiger charge is 2.33. The first-order chi connectivity index (χ1) is 21.5. The quantitative estimate of drug-likeness (QED) is 0.107. The lowest BCUT2D eigenvalue weighted by Gasteiger charge is -2.28. The van der Waals surface area contributed by atoms with E-state index in [1.54, 1.807) is 12.4 Å². The molecule has 5 unspecified atom stereocenters. The zero-order chi connectivity index (χ0) is 32.7. The molecule has 4 aromatic rings. The Morgan fingerprint density at radius 3 is 1.78 bits per heavy atom. The number of carboxylic acids is 1. The third-order valence-corrected chi connectivity index (χ3v) is 8.30. The van der Waals surface area contributed by atoms with Crippen LogP contribution in [0.4, 0.5) is 0 Å². The first-order valence-electron chi connectivity index (χ1n) is 15.5. The number of carbonyl (C=O) groups is 4. The molecule has 4 rings (SSSR count). The highest BCUT2D eigenvalue weighted by molar-refractivity contribution is 5.95. The maximum atomic E-state index is 13.9. The van der Waals surface area contributed by atoms with Crippen molar-refractivity contribution in [3.05, 3.63) is 72.1 Å². The predicted molar refractivity (Wildman–Crippen MR) is 174 cm³/mol. The van der Waals surface area contributed by atoms with E-state index in [0.29, 0.717) is 12.8 Å². The van der Waals surface area contributed by atoms with Crippen LogP contribution >= 0.6 is 0 Å². The average molecular weight is 617 g/mol. The number of aromatic nitrogens is 2. The van der Waals surface area contributed by atoms with E-state index >= 15 is 0 Å². The van der Waals surface area contributed by atoms with Crippen molar-refractivity contribution in [1.29, 1.82) is 0 Å². The van der Waals surface area contributed by atoms with E-state index in [4.69, 9.17) is 5.73 Å². The maximum Gasteiger partial charge on any atom is 0.326 e. The highest BCUT2D eigenvalue weighted by atomic mass is 16.4. The van der Waals surface area contributed by atoms with E-state index in [1.165, 1.54) is 0 Å². The molecule has 0 aliphatic rings. The fraction of sp³-hybridized carbons (Fsp3) is 0.412. The number of aliphatic carboxylic acids is 1. The number of H-pyrrole nitrogens is 2. The molecule has 5 atom stereocenters. The second-order valence-electron chi connectivity index (χ2n) is 12.2. The van der Waals surface area contributed by atoms with Crippen molar-refractivity contribution >= 4 is 45.5 Å². The number of carboxylic acid groups (broad SMARTS) is 1. The van der Waals surface area contributed by atoms with Gasteiger partial charge in [-0.1, -0.05) is 70.5 Å². The predicted octanol–water partition coefficient (Wildman–Crippen LogP) is 3.39. The molecule has 11 heteroatoms. The van der Waals surface area contributed by atoms with Gasteiger partial charge in [0.1, 0.15) is 18.1 Å². The van der Waals surface area contributed by atoms with Crippen LogP contribution in [-0.2, 0) is 32.0 Å². The summed E-state index contributed by atoms with van der Waals surface area (Å²) in [5, 5.41) is 20.1. The monoisotopic (exact) mass is 616 g/mol. The molecule has 2 heterocycles. The molecule has 0 saturated heterocycles. The Balaban J connectivity index is 1.55. The molecule has 0 spiro atoms. The number of para-hydroxylation sites is 2. The van der Waals surface area contributed by atoms with E-state index in [1.807, 2.05) is 76.2 Å². The zero-order valence-electron chi connectivity index (χ0n) is 26.2. The van der Waals surface area contributed by atoms with Gasteiger partial charge in [0, 0.05) is 47.0 Å². The van der Waals surface area contributed by atoms with E-state index in [0.717, 1.165) is 32.9 Å². The Hall–Kier alpha value is -4.64. The number of rotatable bonds is 15. The normalized spacial score (nSPS) is 14.9. The molecule has 3 amide bonds. The molecule has 45 heavy (non-hydrogen) atoms. The number of benzene rings is 2. The molecule has 2 aromatic carbocycles. The standard InChI is InChI=1S/C34H44N6O5/c1-5-20(4)30(33(43)39-29(34(44)45)16-22-18-37-27-13-9-7-11-24(22)27)40-32(42)28(38-31(41)25(35)14-19(2)3)15-21-17-36-26-12-8-6-10-23(21)26/h6-13,17-20,25,28-30,36-37H,5,14-16,35H2,1-4H3,(H,38,41)(H,39,43)(H,40,42)(H,44,45). The summed E-state index contributed by atoms with van der Waals surface area (Å²) < 4.78 is 0. The number of nitrogens with one attached hydrogen (secondary N) is 5. The maximum absolute atomic E-state index is 13.9. The van der Waals surface area contributed by atoms with Gasteiger partial charge in [-0.05, 0) is 41.5 Å². The number of nitrogens with two attached hydrogens (primary N) is 1. The first-order valence-corrected chi connectivity index (χ1v) is 15.5. The Kier molecular flexibility index (Phi) is 11.0. The second-order valence-corrected chi connectivity index (χ2v) is 12.2. The summed E-state index contributed by atoms with van der Waals surface area (Å²) in [6.07, 6.45) is 4.73. The van der Waals surface area contributed by atoms with Crippen LogP contribution in [0, 0.1) is 11.8 Å². The molecular formula is C34H44N6O5. The molecule has 8 N–H and O–H groups in total. The van der Waals surface area contributed by atoms with Crippen molar-refractivity contribution in [1.82, 2.24) is 25.9 Å². The van der Waals surface area contributed by atoms with Crippen LogP contribution < -0.4 is 21.7 Å². The van der Waals surface area contributed by atoms with Crippen LogP contribution in [0.25, 0.3) is 21.8 Å². The van der Waals surface area contributed by atoms with Crippen molar-refractivity contribution in [3.8, 4) is 0 Å². The van der Waals surface area contributed by atoms with Crippen molar-refractivity contribution in [3.63, 3.8) is 0 Å². The van der Waals surface area contributed by atoms with Gasteiger partial charge in [-0.15, -0.1) is 0 Å². The SMILES string of the molecule is CCC(C)C(NC(=O)C(Cc1c[nH]c2ccccc12)NC(=O)C(N)CC(C)C)C(=O)NC(Cc1c[nH]c2ccccc12)C(=O)O. The number of carbonyl (C=O) groups excluding carboxylic acids is 3. The minimum Gasteiger partial charge on any atom is -0.480 e. The van der Waals surface area contributed by atoms with Gasteiger partial charge in [-0.2, -0.15) is 0 Å². The van der Waals surface area contributed by atoms with Crippen molar-refractivity contribution < 1.29 is 24.3 Å². The largest absolute Gasteiger partial charge is 0.480 e. The molecule has 0 aliphatic carbocycles. The van der Waals surface area contributed by atoms with Crippen LogP contribution in [-0.4, -0.2) is 62.9 Å². The van der Waals surface area contributed by atoms with Crippen molar-refractivity contribution in [2.75, 3.05) is 0 Å². The van der Waals surface area contributed by atoms with E-state index in [-0.39, 0.29) is 24.7 Å². The van der Waals surface area contributed by atoms with E-state index < -0.39 is 47.9 Å². The van der Waals surface area contributed by atoms with Crippen LogP contribution in [0.3, 0.4) is 0 Å². The molecule has 11 nitrogen and oxygen atoms in total. The lowest BCUT2D eigenvalue weighted by atomic mass is 9.96. The van der Waals surface area contributed by atoms with Gasteiger partial charge in [-0.3, -0.25) is 14.4 Å². The Morgan fingerprint density at radius 1 is 0.756 bits per heavy atom. The number of aromatic amines is 2. The lowest BCUT2D eigenvalue weighted by Crippen LogP contribution is -2.59. The summed E-state index contributed by atoms with van der Waals surface area (Å²) in [5.74, 6) is -2.97. The van der Waals surface area contributed by atoms with Crippen LogP contribution in [0.2, 0.25) is 0 Å². The summed E-state index contributed by atoms with van der Waals surface area (Å²) >= 11 is 0. The van der Waals surface area contributed by atoms with Gasteiger partial charge < -0.3 is 36.8 Å². The minimum atomic E-state index is -1.23. The van der Waals surface area contributed by atoms with Gasteiger partial charge >= 0.3 is 5.97 Å². The third kappa shape index (κ3) is 8.30. The number of hydrogen-bond acceptors (Lipinski definition) is 5. The van der Waals surface area contributed by atoms with E-state index in [9.17, 15) is 24.3 Å². The summed E-state index contributed by atoms with van der Waals surface area (Å²) in [6, 6.07) is 11.1. The Bertz CT molecular complexity index is 1640. The van der Waals surface area contributed by atoms with Crippen molar-refractivity contribution in [2.45, 2.75) is 77.5 Å². The molecular weight excluding hydrogens is 572 g/mol. The fourth-order valence-corrected chi connectivity index (χ4v) is 5.56. The summed E-state index contributed by atoms with van der Waals surface area (Å²) in [5.41, 5.74) is 9.47. The van der Waals surface area contributed by atoms with Gasteiger partial charge in [-0.25, -0.2) is 4.79 Å². The van der Waals surface area contributed by atoms with Gasteiger partial charge in [0.25, 0.3) is 0 Å². The Morgan fingerprint density at radius 2 is 1.27 bits per heavy atom. The van der Waals surface area contributed by atoms with Crippen LogP contribution in [0.1, 0.15) is 51.7 Å². The van der Waals surface area contributed by atoms with Crippen LogP contribution in [0.15, 0.2) is 60.9 Å². The third-order valence-electron chi connectivity index (χ3n) is 8.30. The number of amides is 3. The zero-order valence-corrected chi connectivity index (χ0v) is 26.2. The topological polar surface area (TPSA) is 182 Å². The number of fused-ring (bicyclic) bond motifs is 2. The first kappa shape index (κ1) is 33.3. The van der Waals surface area contributed by atoms with E-state index in [2.05, 4.69) is 25.9 Å². The molecule has 0 radical (unpaired) electrons. The Labute approximate surface area is 262 Å². The van der Waals surface area contributed by atoms with Gasteiger partial charge in [0.2, 0.25) is 17.7 Å². The molecule has 0 bridgehead atoms. The van der Waals surface area contributed by atoms with Crippen LogP contribution in [0.5, 0.6) is 0 Å². The molecule has 0 fully saturated rings. The second kappa shape index (κ2) is 14.9. The smallest absolute Gasteiger partial charge is 0.326 e. The summed E-state index contributed by atoms with van der Waals surface area (Å²) in [4.78, 5) is 59.2. The molecule has 0 aliphatic heterocycles. The van der Waals surface area contributed by atoms with Gasteiger partial charge in [0.05, 0.1) is 6.04 Å². The molecule has 0 saturated carbocycles. The van der Waals surface area contributed by atoms with Crippen molar-refractivity contribution in [2.24, 2.45) is 17.6 Å². The average Bonchev–Trinajstić information content (AvgIpc) is 3.62. The number of hydrogen-bond donors (Lipinski definition) is 7. The highest BCUT2D eigenvalue weighted by Crippen LogP contribution is 2.21. The van der Waals surface area contributed by atoms with Gasteiger partial charge in [0.15, 0.2) is 0 Å². The summed E-state index contributed by atoms with van der Waals surface area (Å²) in [6.45, 7) is 7.61. The molecule has 240 valence electrons. The lowest BCUT2D eigenvalue weighted by molar-refractivity contribution is -0.142. The molecule has 2 aromatic heterocycles. The minimum absolute atomic E-state index is 0.0548. The fourth-order valence-electron chi connectivity index (χ4n) is 5.56.